The van der Waals surface area contributed by atoms with Gasteiger partial charge in [-0.05, 0) is 30.4 Å². The number of carbonyl (C=O) groups is 3. The Bertz CT molecular complexity index is 1410. The van der Waals surface area contributed by atoms with Crippen LogP contribution in [0.1, 0.15) is 21.5 Å². The van der Waals surface area contributed by atoms with E-state index in [-0.39, 0.29) is 35.5 Å². The van der Waals surface area contributed by atoms with E-state index >= 15 is 0 Å². The lowest BCUT2D eigenvalue weighted by Crippen LogP contribution is -2.49. The van der Waals surface area contributed by atoms with Crippen molar-refractivity contribution in [2.24, 2.45) is 5.92 Å². The van der Waals surface area contributed by atoms with E-state index in [0.29, 0.717) is 37.5 Å². The van der Waals surface area contributed by atoms with Gasteiger partial charge in [-0.2, -0.15) is 0 Å². The SMILES string of the molecule is CN(CCNC(=O)CCl)C1=C[C@H]2Oc3cc(N(C)CCNC(=O)CCl)ccc3[C@@]3(OC(=O)c4ccccc43)[C@H]2C=C1. The highest BCUT2D eigenvalue weighted by molar-refractivity contribution is 6.27. The van der Waals surface area contributed by atoms with Crippen molar-refractivity contribution in [2.75, 3.05) is 56.9 Å². The van der Waals surface area contributed by atoms with Crippen molar-refractivity contribution in [3.63, 3.8) is 0 Å². The Balaban J connectivity index is 1.48. The molecule has 1 spiro atoms. The third-order valence-electron chi connectivity index (χ3n) is 7.72. The maximum Gasteiger partial charge on any atom is 0.339 e. The third-order valence-corrected chi connectivity index (χ3v) is 8.21. The first-order valence-electron chi connectivity index (χ1n) is 13.4. The number of amides is 2. The number of nitrogens with zero attached hydrogens (tertiary/aromatic N) is 2. The smallest absolute Gasteiger partial charge is 0.339 e. The molecular weight excluding hydrogens is 567 g/mol. The van der Waals surface area contributed by atoms with Gasteiger partial charge in [0.25, 0.3) is 0 Å². The minimum atomic E-state index is -1.05. The van der Waals surface area contributed by atoms with Gasteiger partial charge in [-0.25, -0.2) is 4.79 Å². The second-order valence-corrected chi connectivity index (χ2v) is 10.8. The third kappa shape index (κ3) is 5.48. The molecule has 1 aliphatic carbocycles. The Hall–Kier alpha value is -3.69. The number of halogens is 2. The van der Waals surface area contributed by atoms with Gasteiger partial charge in [-0.1, -0.05) is 24.3 Å². The van der Waals surface area contributed by atoms with Crippen molar-refractivity contribution in [3.8, 4) is 5.75 Å². The number of alkyl halides is 2. The van der Waals surface area contributed by atoms with Gasteiger partial charge in [-0.15, -0.1) is 23.2 Å². The van der Waals surface area contributed by atoms with E-state index in [1.165, 1.54) is 0 Å². The van der Waals surface area contributed by atoms with E-state index in [1.54, 1.807) is 6.07 Å². The summed E-state index contributed by atoms with van der Waals surface area (Å²) in [6.45, 7) is 2.02. The number of fused-ring (bicyclic) bond motifs is 6. The summed E-state index contributed by atoms with van der Waals surface area (Å²) in [4.78, 5) is 40.3. The van der Waals surface area contributed by atoms with Crippen LogP contribution >= 0.6 is 23.2 Å². The monoisotopic (exact) mass is 598 g/mol. The van der Waals surface area contributed by atoms with Crippen LogP contribution in [0.25, 0.3) is 0 Å². The molecule has 9 nitrogen and oxygen atoms in total. The average molecular weight is 600 g/mol. The lowest BCUT2D eigenvalue weighted by molar-refractivity contribution is -0.119. The Morgan fingerprint density at radius 3 is 2.34 bits per heavy atom. The van der Waals surface area contributed by atoms with Crippen LogP contribution in [0.4, 0.5) is 5.69 Å². The lowest BCUT2D eigenvalue weighted by atomic mass is 9.70. The van der Waals surface area contributed by atoms with Gasteiger partial charge >= 0.3 is 5.97 Å². The lowest BCUT2D eigenvalue weighted by Gasteiger charge is -2.45. The van der Waals surface area contributed by atoms with Gasteiger partial charge in [0, 0.05) is 68.9 Å². The van der Waals surface area contributed by atoms with E-state index in [2.05, 4.69) is 10.6 Å². The molecule has 0 saturated carbocycles. The quantitative estimate of drug-likeness (QED) is 0.320. The highest BCUT2D eigenvalue weighted by Crippen LogP contribution is 2.56. The first kappa shape index (κ1) is 28.8. The predicted octanol–water partition coefficient (Wildman–Crippen LogP) is 3.01. The zero-order valence-electron chi connectivity index (χ0n) is 22.9. The molecule has 11 heteroatoms. The molecule has 0 bridgehead atoms. The van der Waals surface area contributed by atoms with E-state index < -0.39 is 11.7 Å². The molecule has 216 valence electrons. The molecule has 41 heavy (non-hydrogen) atoms. The Morgan fingerprint density at radius 1 is 0.951 bits per heavy atom. The van der Waals surface area contributed by atoms with Crippen LogP contribution in [0.3, 0.4) is 0 Å². The van der Waals surface area contributed by atoms with Gasteiger partial charge < -0.3 is 29.9 Å². The minimum Gasteiger partial charge on any atom is -0.485 e. The number of rotatable bonds is 10. The summed E-state index contributed by atoms with van der Waals surface area (Å²) in [5.74, 6) is -0.640. The van der Waals surface area contributed by atoms with Gasteiger partial charge in [-0.3, -0.25) is 9.59 Å². The fourth-order valence-electron chi connectivity index (χ4n) is 5.61. The molecule has 2 aromatic rings. The number of hydrogen-bond acceptors (Lipinski definition) is 7. The first-order valence-corrected chi connectivity index (χ1v) is 14.5. The van der Waals surface area contributed by atoms with Crippen molar-refractivity contribution in [3.05, 3.63) is 83.1 Å². The molecule has 2 amide bonds. The van der Waals surface area contributed by atoms with Crippen molar-refractivity contribution in [1.82, 2.24) is 15.5 Å². The van der Waals surface area contributed by atoms with E-state index in [4.69, 9.17) is 32.7 Å². The number of hydrogen-bond donors (Lipinski definition) is 2. The topological polar surface area (TPSA) is 100 Å². The summed E-state index contributed by atoms with van der Waals surface area (Å²) in [5.41, 5.74) is 2.90. The highest BCUT2D eigenvalue weighted by atomic mass is 35.5. The average Bonchev–Trinajstić information content (AvgIpc) is 3.28. The summed E-state index contributed by atoms with van der Waals surface area (Å²) in [6.07, 6.45) is 5.66. The fraction of sp³-hybridized carbons (Fsp3) is 0.367. The molecule has 2 aliphatic heterocycles. The zero-order valence-corrected chi connectivity index (χ0v) is 24.4. The van der Waals surface area contributed by atoms with Crippen molar-refractivity contribution in [2.45, 2.75) is 11.7 Å². The normalized spacial score (nSPS) is 21.6. The second kappa shape index (κ2) is 12.0. The molecule has 0 radical (unpaired) electrons. The molecular formula is C30H32Cl2N4O5. The molecule has 2 N–H and O–H groups in total. The van der Waals surface area contributed by atoms with Crippen LogP contribution in [0.2, 0.25) is 0 Å². The first-order chi connectivity index (χ1) is 19.8. The number of anilines is 1. The number of likely N-dealkylation sites (N-methyl/N-ethyl adjacent to an activating group) is 2. The number of benzene rings is 2. The van der Waals surface area contributed by atoms with Crippen molar-refractivity contribution < 1.29 is 23.9 Å². The molecule has 0 aromatic heterocycles. The maximum atomic E-state index is 13.2. The molecule has 0 saturated heterocycles. The molecule has 0 unspecified atom stereocenters. The summed E-state index contributed by atoms with van der Waals surface area (Å²) in [7, 11) is 3.87. The standard InChI is InChI=1S/C30H32Cl2N4O5/c1-35(13-11-33-27(37)17-31)19-7-9-23-25(15-19)40-26-16-20(36(2)14-12-34-28(38)18-32)8-10-24(26)30(23)22-6-4-3-5-21(22)29(39)41-30/h3-10,15-16,23,25H,11-14,17-18H2,1-2H3,(H,33,37)(H,34,38)/t23-,25+,30-/m0/s1. The van der Waals surface area contributed by atoms with Crippen LogP contribution in [0, 0.1) is 5.92 Å². The highest BCUT2D eigenvalue weighted by Gasteiger charge is 2.58. The zero-order chi connectivity index (χ0) is 29.1. The van der Waals surface area contributed by atoms with Gasteiger partial charge in [0.2, 0.25) is 11.8 Å². The van der Waals surface area contributed by atoms with Crippen molar-refractivity contribution >= 4 is 46.7 Å². The molecule has 2 aromatic carbocycles. The maximum absolute atomic E-state index is 13.2. The fourth-order valence-corrected chi connectivity index (χ4v) is 5.80. The minimum absolute atomic E-state index is 0.0785. The number of ether oxygens (including phenoxy) is 2. The predicted molar refractivity (Wildman–Crippen MR) is 158 cm³/mol. The molecule has 5 rings (SSSR count). The molecule has 0 fully saturated rings. The molecule has 3 aliphatic rings. The van der Waals surface area contributed by atoms with E-state index in [0.717, 1.165) is 22.5 Å². The van der Waals surface area contributed by atoms with Crippen LogP contribution in [0.15, 0.2) is 66.4 Å². The van der Waals surface area contributed by atoms with E-state index in [1.807, 2.05) is 78.5 Å². The van der Waals surface area contributed by atoms with Crippen LogP contribution in [-0.2, 0) is 19.9 Å². The van der Waals surface area contributed by atoms with Crippen LogP contribution < -0.4 is 20.3 Å². The summed E-state index contributed by atoms with van der Waals surface area (Å²) in [5, 5.41) is 5.56. The van der Waals surface area contributed by atoms with Crippen LogP contribution in [-0.4, -0.2) is 80.8 Å². The van der Waals surface area contributed by atoms with Crippen molar-refractivity contribution in [1.29, 1.82) is 0 Å². The number of allylic oxidation sites excluding steroid dienone is 1. The van der Waals surface area contributed by atoms with Crippen LogP contribution in [0.5, 0.6) is 5.75 Å². The van der Waals surface area contributed by atoms with E-state index in [9.17, 15) is 14.4 Å². The second-order valence-electron chi connectivity index (χ2n) is 10.2. The Labute approximate surface area is 249 Å². The van der Waals surface area contributed by atoms with Gasteiger partial charge in [0.15, 0.2) is 5.60 Å². The molecule has 2 heterocycles. The van der Waals surface area contributed by atoms with Gasteiger partial charge in [0.1, 0.15) is 23.6 Å². The Morgan fingerprint density at radius 2 is 1.63 bits per heavy atom. The number of nitrogens with one attached hydrogen (secondary N) is 2. The Kier molecular flexibility index (Phi) is 8.47. The summed E-state index contributed by atoms with van der Waals surface area (Å²) >= 11 is 11.2. The largest absolute Gasteiger partial charge is 0.485 e. The summed E-state index contributed by atoms with van der Waals surface area (Å²) < 4.78 is 12.9. The number of esters is 1. The summed E-state index contributed by atoms with van der Waals surface area (Å²) in [6, 6.07) is 13.4. The number of carbonyl (C=O) groups excluding carboxylic acids is 3. The molecule has 3 atom stereocenters. The van der Waals surface area contributed by atoms with Gasteiger partial charge in [0.05, 0.1) is 11.5 Å².